The van der Waals surface area contributed by atoms with Gasteiger partial charge in [-0.15, -0.1) is 0 Å². The first-order valence-electron chi connectivity index (χ1n) is 8.95. The molecule has 0 spiro atoms. The van der Waals surface area contributed by atoms with Crippen LogP contribution in [0, 0.1) is 5.92 Å². The van der Waals surface area contributed by atoms with Crippen molar-refractivity contribution >= 4 is 5.91 Å². The third-order valence-electron chi connectivity index (χ3n) is 4.50. The smallest absolute Gasteiger partial charge is 0.220 e. The Balaban J connectivity index is 2.09. The number of nitrogens with one attached hydrogen (secondary N) is 1. The van der Waals surface area contributed by atoms with E-state index in [0.717, 1.165) is 32.5 Å². The molecule has 3 N–H and O–H groups in total. The van der Waals surface area contributed by atoms with Gasteiger partial charge in [0.25, 0.3) is 0 Å². The second-order valence-corrected chi connectivity index (χ2v) is 6.38. The molecular weight excluding hydrogens is 262 g/mol. The van der Waals surface area contributed by atoms with Crippen molar-refractivity contribution < 1.29 is 4.79 Å². The molecule has 4 nitrogen and oxygen atoms in total. The minimum absolute atomic E-state index is 0.211. The topological polar surface area (TPSA) is 58.4 Å². The fourth-order valence-corrected chi connectivity index (χ4v) is 3.21. The summed E-state index contributed by atoms with van der Waals surface area (Å²) in [6, 6.07) is 0. The molecule has 1 aliphatic rings. The Morgan fingerprint density at radius 2 is 1.86 bits per heavy atom. The highest BCUT2D eigenvalue weighted by Gasteiger charge is 2.11. The zero-order valence-electron chi connectivity index (χ0n) is 13.9. The van der Waals surface area contributed by atoms with E-state index in [4.69, 9.17) is 5.73 Å². The van der Waals surface area contributed by atoms with Gasteiger partial charge < -0.3 is 16.0 Å². The van der Waals surface area contributed by atoms with Crippen molar-refractivity contribution in [2.24, 2.45) is 11.7 Å². The van der Waals surface area contributed by atoms with Crippen LogP contribution in [0.4, 0.5) is 0 Å². The number of nitrogens with two attached hydrogens (primary N) is 1. The molecule has 0 saturated carbocycles. The standard InChI is InChI=1S/C17H35N3O/c1-2-7-16(10-11-18)8-9-17(21)19-12-15-20-13-5-3-4-6-14-20/h16H,2-15,18H2,1H3,(H,19,21). The van der Waals surface area contributed by atoms with Crippen LogP contribution in [0.5, 0.6) is 0 Å². The largest absolute Gasteiger partial charge is 0.355 e. The molecule has 1 unspecified atom stereocenters. The fraction of sp³-hybridized carbons (Fsp3) is 0.941. The van der Waals surface area contributed by atoms with Gasteiger partial charge in [0, 0.05) is 19.5 Å². The number of rotatable bonds is 10. The Hall–Kier alpha value is -0.610. The number of hydrogen-bond donors (Lipinski definition) is 2. The number of likely N-dealkylation sites (tertiary alicyclic amines) is 1. The quantitative estimate of drug-likeness (QED) is 0.651. The molecule has 1 saturated heterocycles. The monoisotopic (exact) mass is 297 g/mol. The van der Waals surface area contributed by atoms with Crippen LogP contribution in [-0.4, -0.2) is 43.5 Å². The number of carbonyl (C=O) groups is 1. The molecule has 0 aromatic carbocycles. The average Bonchev–Trinajstić information content (AvgIpc) is 2.74. The van der Waals surface area contributed by atoms with Crippen LogP contribution in [0.15, 0.2) is 0 Å². The van der Waals surface area contributed by atoms with Crippen molar-refractivity contribution in [2.75, 3.05) is 32.7 Å². The van der Waals surface area contributed by atoms with Crippen LogP contribution >= 0.6 is 0 Å². The highest BCUT2D eigenvalue weighted by Crippen LogP contribution is 2.16. The maximum Gasteiger partial charge on any atom is 0.220 e. The van der Waals surface area contributed by atoms with Crippen LogP contribution in [0.2, 0.25) is 0 Å². The summed E-state index contributed by atoms with van der Waals surface area (Å²) in [6.07, 6.45) is 10.4. The second kappa shape index (κ2) is 12.0. The molecule has 4 heteroatoms. The Labute approximate surface area is 130 Å². The molecule has 1 rings (SSSR count). The summed E-state index contributed by atoms with van der Waals surface area (Å²) >= 11 is 0. The molecule has 0 aromatic rings. The van der Waals surface area contributed by atoms with Crippen LogP contribution in [0.1, 0.15) is 64.7 Å². The molecule has 21 heavy (non-hydrogen) atoms. The lowest BCUT2D eigenvalue weighted by atomic mass is 9.94. The first kappa shape index (κ1) is 18.4. The molecule has 0 bridgehead atoms. The van der Waals surface area contributed by atoms with Crippen molar-refractivity contribution in [3.63, 3.8) is 0 Å². The van der Waals surface area contributed by atoms with Gasteiger partial charge in [0.2, 0.25) is 5.91 Å². The van der Waals surface area contributed by atoms with Crippen molar-refractivity contribution in [3.05, 3.63) is 0 Å². The van der Waals surface area contributed by atoms with Crippen LogP contribution in [0.3, 0.4) is 0 Å². The van der Waals surface area contributed by atoms with E-state index in [1.165, 1.54) is 51.6 Å². The van der Waals surface area contributed by atoms with Gasteiger partial charge in [0.1, 0.15) is 0 Å². The van der Waals surface area contributed by atoms with Gasteiger partial charge in [-0.05, 0) is 51.2 Å². The number of amides is 1. The van der Waals surface area contributed by atoms with Crippen LogP contribution < -0.4 is 11.1 Å². The molecular formula is C17H35N3O. The third-order valence-corrected chi connectivity index (χ3v) is 4.50. The van der Waals surface area contributed by atoms with Gasteiger partial charge in [-0.3, -0.25) is 4.79 Å². The molecule has 1 heterocycles. The summed E-state index contributed by atoms with van der Waals surface area (Å²) < 4.78 is 0. The minimum Gasteiger partial charge on any atom is -0.355 e. The van der Waals surface area contributed by atoms with Gasteiger partial charge in [-0.2, -0.15) is 0 Å². The lowest BCUT2D eigenvalue weighted by Gasteiger charge is -2.20. The van der Waals surface area contributed by atoms with Gasteiger partial charge in [0.15, 0.2) is 0 Å². The Morgan fingerprint density at radius 1 is 1.14 bits per heavy atom. The lowest BCUT2D eigenvalue weighted by Crippen LogP contribution is -2.35. The van der Waals surface area contributed by atoms with Crippen molar-refractivity contribution in [1.29, 1.82) is 0 Å². The van der Waals surface area contributed by atoms with E-state index in [-0.39, 0.29) is 5.91 Å². The van der Waals surface area contributed by atoms with E-state index in [1.54, 1.807) is 0 Å². The highest BCUT2D eigenvalue weighted by atomic mass is 16.1. The van der Waals surface area contributed by atoms with Gasteiger partial charge in [-0.1, -0.05) is 32.6 Å². The molecule has 1 aliphatic heterocycles. The second-order valence-electron chi connectivity index (χ2n) is 6.38. The summed E-state index contributed by atoms with van der Waals surface area (Å²) in [5, 5.41) is 3.08. The number of nitrogens with zero attached hydrogens (tertiary/aromatic N) is 1. The van der Waals surface area contributed by atoms with E-state index in [0.29, 0.717) is 12.3 Å². The fourth-order valence-electron chi connectivity index (χ4n) is 3.21. The highest BCUT2D eigenvalue weighted by molar-refractivity contribution is 5.75. The van der Waals surface area contributed by atoms with E-state index in [9.17, 15) is 4.79 Å². The summed E-state index contributed by atoms with van der Waals surface area (Å²) in [7, 11) is 0. The molecule has 1 amide bonds. The van der Waals surface area contributed by atoms with Crippen molar-refractivity contribution in [3.8, 4) is 0 Å². The van der Waals surface area contributed by atoms with Crippen molar-refractivity contribution in [2.45, 2.75) is 64.7 Å². The molecule has 0 aromatic heterocycles. The molecule has 0 radical (unpaired) electrons. The minimum atomic E-state index is 0.211. The van der Waals surface area contributed by atoms with E-state index < -0.39 is 0 Å². The number of hydrogen-bond acceptors (Lipinski definition) is 3. The summed E-state index contributed by atoms with van der Waals surface area (Å²) in [5.41, 5.74) is 5.64. The molecule has 1 atom stereocenters. The number of carbonyl (C=O) groups excluding carboxylic acids is 1. The van der Waals surface area contributed by atoms with Crippen LogP contribution in [0.25, 0.3) is 0 Å². The summed E-state index contributed by atoms with van der Waals surface area (Å²) in [5.74, 6) is 0.833. The van der Waals surface area contributed by atoms with E-state index >= 15 is 0 Å². The predicted molar refractivity (Wildman–Crippen MR) is 89.2 cm³/mol. The van der Waals surface area contributed by atoms with Crippen molar-refractivity contribution in [1.82, 2.24) is 10.2 Å². The summed E-state index contributed by atoms with van der Waals surface area (Å²) in [4.78, 5) is 14.4. The average molecular weight is 297 g/mol. The van der Waals surface area contributed by atoms with Gasteiger partial charge in [-0.25, -0.2) is 0 Å². The molecule has 124 valence electrons. The Kier molecular flexibility index (Phi) is 10.5. The first-order valence-corrected chi connectivity index (χ1v) is 8.95. The van der Waals surface area contributed by atoms with Gasteiger partial charge >= 0.3 is 0 Å². The van der Waals surface area contributed by atoms with E-state index in [2.05, 4.69) is 17.1 Å². The predicted octanol–water partition coefficient (Wildman–Crippen LogP) is 2.52. The Bertz CT molecular complexity index is 257. The zero-order chi connectivity index (χ0) is 15.3. The Morgan fingerprint density at radius 3 is 2.48 bits per heavy atom. The first-order chi connectivity index (χ1) is 10.3. The maximum absolute atomic E-state index is 11.9. The lowest BCUT2D eigenvalue weighted by molar-refractivity contribution is -0.121. The van der Waals surface area contributed by atoms with Gasteiger partial charge in [0.05, 0.1) is 0 Å². The third kappa shape index (κ3) is 9.10. The SMILES string of the molecule is CCCC(CCN)CCC(=O)NCCN1CCCCCC1. The normalized spacial score (nSPS) is 18.2. The zero-order valence-corrected chi connectivity index (χ0v) is 13.9. The molecule has 0 aliphatic carbocycles. The maximum atomic E-state index is 11.9. The summed E-state index contributed by atoms with van der Waals surface area (Å²) in [6.45, 7) is 7.14. The van der Waals surface area contributed by atoms with E-state index in [1.807, 2.05) is 0 Å². The molecule has 1 fully saturated rings. The van der Waals surface area contributed by atoms with Crippen LogP contribution in [-0.2, 0) is 4.79 Å².